The first-order chi connectivity index (χ1) is 7.67. The van der Waals surface area contributed by atoms with Gasteiger partial charge in [-0.3, -0.25) is 0 Å². The topological polar surface area (TPSA) is 41.1 Å². The van der Waals surface area contributed by atoms with Crippen molar-refractivity contribution in [1.29, 1.82) is 0 Å². The highest BCUT2D eigenvalue weighted by Gasteiger charge is 2.05. The van der Waals surface area contributed by atoms with E-state index in [1.165, 1.54) is 12.8 Å². The van der Waals surface area contributed by atoms with Gasteiger partial charge in [0.15, 0.2) is 0 Å². The van der Waals surface area contributed by atoms with Gasteiger partial charge in [0.25, 0.3) is 0 Å². The van der Waals surface area contributed by atoms with E-state index in [2.05, 4.69) is 34.2 Å². The molecule has 0 fully saturated rings. The lowest BCUT2D eigenvalue weighted by Gasteiger charge is -2.18. The van der Waals surface area contributed by atoms with Gasteiger partial charge < -0.3 is 10.2 Å². The van der Waals surface area contributed by atoms with Gasteiger partial charge in [-0.15, -0.1) is 0 Å². The molecule has 0 amide bonds. The van der Waals surface area contributed by atoms with Crippen LogP contribution in [0.4, 0.5) is 11.8 Å². The molecule has 4 heteroatoms. The summed E-state index contributed by atoms with van der Waals surface area (Å²) in [5.41, 5.74) is 1.00. The largest absolute Gasteiger partial charge is 0.360 e. The minimum Gasteiger partial charge on any atom is -0.360 e. The van der Waals surface area contributed by atoms with Crippen molar-refractivity contribution in [3.63, 3.8) is 0 Å². The average molecular weight is 222 g/mol. The Kier molecular flexibility index (Phi) is 5.02. The summed E-state index contributed by atoms with van der Waals surface area (Å²) in [5, 5.41) is 3.15. The zero-order chi connectivity index (χ0) is 12.0. The van der Waals surface area contributed by atoms with Crippen LogP contribution in [0.15, 0.2) is 6.07 Å². The Hall–Kier alpha value is -1.32. The number of hydrogen-bond donors (Lipinski definition) is 1. The van der Waals surface area contributed by atoms with E-state index in [-0.39, 0.29) is 0 Å². The minimum absolute atomic E-state index is 0.723. The highest BCUT2D eigenvalue weighted by molar-refractivity contribution is 5.43. The molecule has 1 heterocycles. The second-order valence-corrected chi connectivity index (χ2v) is 4.00. The van der Waals surface area contributed by atoms with Crippen LogP contribution in [0.1, 0.15) is 32.4 Å². The molecular weight excluding hydrogens is 200 g/mol. The number of hydrogen-bond acceptors (Lipinski definition) is 4. The Labute approximate surface area is 98.1 Å². The van der Waals surface area contributed by atoms with Crippen molar-refractivity contribution in [2.24, 2.45) is 0 Å². The summed E-state index contributed by atoms with van der Waals surface area (Å²) in [7, 11) is 2.08. The van der Waals surface area contributed by atoms with Crippen LogP contribution in [-0.4, -0.2) is 30.1 Å². The van der Waals surface area contributed by atoms with Gasteiger partial charge in [-0.25, -0.2) is 4.98 Å². The van der Waals surface area contributed by atoms with Crippen LogP contribution in [0.3, 0.4) is 0 Å². The molecule has 0 unspecified atom stereocenters. The number of nitrogens with one attached hydrogen (secondary N) is 1. The number of anilines is 2. The Bertz CT molecular complexity index is 325. The predicted octanol–water partition coefficient (Wildman–Crippen LogP) is 2.45. The molecule has 0 radical (unpaired) electrons. The quantitative estimate of drug-likeness (QED) is 0.802. The summed E-state index contributed by atoms with van der Waals surface area (Å²) >= 11 is 0. The minimum atomic E-state index is 0.723. The molecule has 4 nitrogen and oxygen atoms in total. The van der Waals surface area contributed by atoms with Crippen LogP contribution in [0, 0.1) is 6.92 Å². The van der Waals surface area contributed by atoms with E-state index in [1.807, 2.05) is 19.9 Å². The van der Waals surface area contributed by atoms with Crippen LogP contribution in [0.25, 0.3) is 0 Å². The summed E-state index contributed by atoms with van der Waals surface area (Å²) in [6, 6.07) is 2.02. The Morgan fingerprint density at radius 1 is 1.31 bits per heavy atom. The van der Waals surface area contributed by atoms with Crippen LogP contribution in [0.5, 0.6) is 0 Å². The third-order valence-corrected chi connectivity index (χ3v) is 2.41. The first-order valence-electron chi connectivity index (χ1n) is 5.98. The summed E-state index contributed by atoms with van der Waals surface area (Å²) in [5.74, 6) is 1.72. The molecule has 0 spiro atoms. The maximum atomic E-state index is 4.48. The van der Waals surface area contributed by atoms with Crippen molar-refractivity contribution < 1.29 is 0 Å². The number of nitrogens with zero attached hydrogens (tertiary/aromatic N) is 3. The van der Waals surface area contributed by atoms with Crippen LogP contribution in [-0.2, 0) is 0 Å². The van der Waals surface area contributed by atoms with Gasteiger partial charge in [0.1, 0.15) is 5.82 Å². The third-order valence-electron chi connectivity index (χ3n) is 2.41. The second kappa shape index (κ2) is 6.30. The average Bonchev–Trinajstić information content (AvgIpc) is 2.25. The van der Waals surface area contributed by atoms with E-state index in [1.54, 1.807) is 0 Å². The number of aryl methyl sites for hydroxylation is 1. The van der Waals surface area contributed by atoms with Crippen LogP contribution < -0.4 is 10.2 Å². The fourth-order valence-corrected chi connectivity index (χ4v) is 1.49. The molecule has 1 aromatic rings. The molecule has 0 aliphatic heterocycles. The molecule has 0 atom stereocenters. The smallest absolute Gasteiger partial charge is 0.224 e. The highest BCUT2D eigenvalue weighted by atomic mass is 15.2. The van der Waals surface area contributed by atoms with Gasteiger partial charge in [-0.05, 0) is 20.3 Å². The van der Waals surface area contributed by atoms with Gasteiger partial charge in [-0.2, -0.15) is 4.98 Å². The first kappa shape index (κ1) is 12.7. The molecule has 0 aromatic carbocycles. The van der Waals surface area contributed by atoms with Crippen LogP contribution >= 0.6 is 0 Å². The molecular formula is C12H22N4. The van der Waals surface area contributed by atoms with E-state index in [0.717, 1.165) is 30.5 Å². The number of unbranched alkanes of at least 4 members (excludes halogenated alkanes) is 1. The lowest BCUT2D eigenvalue weighted by molar-refractivity contribution is 0.757. The summed E-state index contributed by atoms with van der Waals surface area (Å²) in [4.78, 5) is 11.0. The normalized spacial score (nSPS) is 10.2. The second-order valence-electron chi connectivity index (χ2n) is 4.00. The molecule has 1 aromatic heterocycles. The Morgan fingerprint density at radius 2 is 2.06 bits per heavy atom. The summed E-state index contributed by atoms with van der Waals surface area (Å²) in [6.45, 7) is 8.13. The van der Waals surface area contributed by atoms with Crippen molar-refractivity contribution in [2.45, 2.75) is 33.6 Å². The third kappa shape index (κ3) is 3.68. The Morgan fingerprint density at radius 3 is 2.69 bits per heavy atom. The van der Waals surface area contributed by atoms with Crippen molar-refractivity contribution in [3.8, 4) is 0 Å². The van der Waals surface area contributed by atoms with Gasteiger partial charge >= 0.3 is 0 Å². The van der Waals surface area contributed by atoms with Gasteiger partial charge in [0.2, 0.25) is 5.95 Å². The number of rotatable bonds is 6. The number of aromatic nitrogens is 2. The van der Waals surface area contributed by atoms with Gasteiger partial charge in [-0.1, -0.05) is 13.3 Å². The lowest BCUT2D eigenvalue weighted by atomic mass is 10.3. The molecule has 0 saturated carbocycles. The maximum absolute atomic E-state index is 4.48. The van der Waals surface area contributed by atoms with Gasteiger partial charge in [0, 0.05) is 31.9 Å². The van der Waals surface area contributed by atoms with Gasteiger partial charge in [0.05, 0.1) is 0 Å². The summed E-state index contributed by atoms with van der Waals surface area (Å²) < 4.78 is 0. The van der Waals surface area contributed by atoms with Crippen molar-refractivity contribution in [3.05, 3.63) is 11.8 Å². The zero-order valence-electron chi connectivity index (χ0n) is 10.7. The summed E-state index contributed by atoms with van der Waals surface area (Å²) in [6.07, 6.45) is 2.39. The van der Waals surface area contributed by atoms with Crippen LogP contribution in [0.2, 0.25) is 0 Å². The molecule has 0 aliphatic rings. The SMILES string of the molecule is CCCCN(C)c1cc(C)nc(NCC)n1. The molecule has 1 N–H and O–H groups in total. The maximum Gasteiger partial charge on any atom is 0.224 e. The Balaban J connectivity index is 2.78. The standard InChI is InChI=1S/C12H22N4/c1-5-7-8-16(4)11-9-10(3)14-12(15-11)13-6-2/h9H,5-8H2,1-4H3,(H,13,14,15). The monoisotopic (exact) mass is 222 g/mol. The van der Waals surface area contributed by atoms with Crippen molar-refractivity contribution in [1.82, 2.24) is 9.97 Å². The van der Waals surface area contributed by atoms with E-state index >= 15 is 0 Å². The predicted molar refractivity (Wildman–Crippen MR) is 69.1 cm³/mol. The van der Waals surface area contributed by atoms with E-state index < -0.39 is 0 Å². The fraction of sp³-hybridized carbons (Fsp3) is 0.667. The lowest BCUT2D eigenvalue weighted by Crippen LogP contribution is -2.20. The molecule has 90 valence electrons. The van der Waals surface area contributed by atoms with Crippen molar-refractivity contribution >= 4 is 11.8 Å². The van der Waals surface area contributed by atoms with E-state index in [9.17, 15) is 0 Å². The highest BCUT2D eigenvalue weighted by Crippen LogP contribution is 2.13. The molecule has 1 rings (SSSR count). The van der Waals surface area contributed by atoms with E-state index in [0.29, 0.717) is 0 Å². The first-order valence-corrected chi connectivity index (χ1v) is 5.98. The molecule has 16 heavy (non-hydrogen) atoms. The van der Waals surface area contributed by atoms with Crippen molar-refractivity contribution in [2.75, 3.05) is 30.4 Å². The molecule has 0 bridgehead atoms. The zero-order valence-corrected chi connectivity index (χ0v) is 10.7. The fourth-order valence-electron chi connectivity index (χ4n) is 1.49. The molecule has 0 aliphatic carbocycles. The molecule has 0 saturated heterocycles. The van der Waals surface area contributed by atoms with E-state index in [4.69, 9.17) is 0 Å².